The van der Waals surface area contributed by atoms with E-state index in [-0.39, 0.29) is 5.54 Å². The molecule has 0 aliphatic heterocycles. The van der Waals surface area contributed by atoms with E-state index in [1.165, 1.54) is 37.7 Å². The van der Waals surface area contributed by atoms with Gasteiger partial charge in [0.25, 0.3) is 0 Å². The normalized spacial score (nSPS) is 27.5. The summed E-state index contributed by atoms with van der Waals surface area (Å²) >= 11 is 0. The minimum absolute atomic E-state index is 0.237. The fourth-order valence-electron chi connectivity index (χ4n) is 3.40. The third-order valence-electron chi connectivity index (χ3n) is 5.07. The Morgan fingerprint density at radius 3 is 2.40 bits per heavy atom. The van der Waals surface area contributed by atoms with E-state index in [0.29, 0.717) is 6.04 Å². The van der Waals surface area contributed by atoms with Gasteiger partial charge in [0.15, 0.2) is 0 Å². The largest absolute Gasteiger partial charge is 0.309 e. The highest BCUT2D eigenvalue weighted by molar-refractivity contribution is 5.15. The van der Waals surface area contributed by atoms with Crippen LogP contribution in [0.4, 0.5) is 0 Å². The van der Waals surface area contributed by atoms with Crippen LogP contribution in [-0.2, 0) is 6.42 Å². The smallest absolute Gasteiger partial charge is 0.0130 e. The van der Waals surface area contributed by atoms with Crippen LogP contribution in [0.5, 0.6) is 0 Å². The maximum atomic E-state index is 3.92. The summed E-state index contributed by atoms with van der Waals surface area (Å²) in [5.74, 6) is 1.77. The zero-order valence-corrected chi connectivity index (χ0v) is 13.7. The Kier molecular flexibility index (Phi) is 5.26. The lowest BCUT2D eigenvalue weighted by atomic mass is 9.78. The van der Waals surface area contributed by atoms with E-state index >= 15 is 0 Å². The van der Waals surface area contributed by atoms with Gasteiger partial charge in [-0.25, -0.2) is 0 Å². The van der Waals surface area contributed by atoms with E-state index < -0.39 is 0 Å². The molecular weight excluding hydrogens is 242 g/mol. The molecule has 0 saturated heterocycles. The average molecular weight is 273 g/mol. The second-order valence-electron chi connectivity index (χ2n) is 7.48. The van der Waals surface area contributed by atoms with Crippen molar-refractivity contribution in [1.29, 1.82) is 0 Å². The first-order valence-corrected chi connectivity index (χ1v) is 8.28. The van der Waals surface area contributed by atoms with Gasteiger partial charge in [-0.05, 0) is 63.4 Å². The number of hydrogen-bond donors (Lipinski definition) is 1. The van der Waals surface area contributed by atoms with Gasteiger partial charge in [0.05, 0.1) is 0 Å². The highest BCUT2D eigenvalue weighted by atomic mass is 15.0. The van der Waals surface area contributed by atoms with E-state index in [4.69, 9.17) is 0 Å². The predicted octanol–water partition coefficient (Wildman–Crippen LogP) is 4.81. The van der Waals surface area contributed by atoms with Crippen molar-refractivity contribution in [2.75, 3.05) is 0 Å². The number of rotatable bonds is 5. The van der Waals surface area contributed by atoms with Crippen LogP contribution >= 0.6 is 0 Å². The average Bonchev–Trinajstić information content (AvgIpc) is 2.42. The molecule has 1 aromatic carbocycles. The van der Waals surface area contributed by atoms with E-state index in [0.717, 1.165) is 11.8 Å². The first-order valence-electron chi connectivity index (χ1n) is 8.28. The monoisotopic (exact) mass is 273 g/mol. The van der Waals surface area contributed by atoms with Crippen molar-refractivity contribution in [2.45, 2.75) is 71.4 Å². The number of nitrogens with one attached hydrogen (secondary N) is 1. The molecule has 1 nitrogen and oxygen atoms in total. The SMILES string of the molecule is CC1CCC(NC(C)(C)CCc2ccccc2)CC1C. The molecule has 1 aliphatic carbocycles. The number of benzene rings is 1. The molecule has 0 aromatic heterocycles. The molecule has 0 amide bonds. The summed E-state index contributed by atoms with van der Waals surface area (Å²) in [6.45, 7) is 9.54. The minimum Gasteiger partial charge on any atom is -0.309 e. The van der Waals surface area contributed by atoms with Crippen LogP contribution in [0.1, 0.15) is 58.9 Å². The van der Waals surface area contributed by atoms with Gasteiger partial charge >= 0.3 is 0 Å². The summed E-state index contributed by atoms with van der Waals surface area (Å²) in [6, 6.07) is 11.6. The second kappa shape index (κ2) is 6.76. The van der Waals surface area contributed by atoms with Gasteiger partial charge in [0, 0.05) is 11.6 Å². The van der Waals surface area contributed by atoms with Crippen molar-refractivity contribution in [3.8, 4) is 0 Å². The van der Waals surface area contributed by atoms with Crippen molar-refractivity contribution in [3.05, 3.63) is 35.9 Å². The van der Waals surface area contributed by atoms with E-state index in [2.05, 4.69) is 63.3 Å². The van der Waals surface area contributed by atoms with Crippen LogP contribution < -0.4 is 5.32 Å². The molecule has 0 heterocycles. The summed E-state index contributed by atoms with van der Waals surface area (Å²) in [7, 11) is 0. The zero-order valence-electron chi connectivity index (χ0n) is 13.7. The van der Waals surface area contributed by atoms with Crippen molar-refractivity contribution in [2.24, 2.45) is 11.8 Å². The first kappa shape index (κ1) is 15.6. The molecule has 1 saturated carbocycles. The fourth-order valence-corrected chi connectivity index (χ4v) is 3.40. The predicted molar refractivity (Wildman–Crippen MR) is 87.9 cm³/mol. The Morgan fingerprint density at radius 1 is 1.05 bits per heavy atom. The number of hydrogen-bond acceptors (Lipinski definition) is 1. The summed E-state index contributed by atoms with van der Waals surface area (Å²) in [6.07, 6.45) is 6.45. The van der Waals surface area contributed by atoms with Crippen LogP contribution in [0.3, 0.4) is 0 Å². The standard InChI is InChI=1S/C19H31N/c1-15-10-11-18(14-16(15)2)20-19(3,4)13-12-17-8-6-5-7-9-17/h5-9,15-16,18,20H,10-14H2,1-4H3. The maximum Gasteiger partial charge on any atom is 0.0130 e. The summed E-state index contributed by atoms with van der Waals surface area (Å²) in [4.78, 5) is 0. The molecule has 112 valence electrons. The van der Waals surface area contributed by atoms with Gasteiger partial charge in [0.1, 0.15) is 0 Å². The van der Waals surface area contributed by atoms with E-state index in [1.807, 2.05) is 0 Å². The Hall–Kier alpha value is -0.820. The van der Waals surface area contributed by atoms with Crippen molar-refractivity contribution in [3.63, 3.8) is 0 Å². The summed E-state index contributed by atoms with van der Waals surface area (Å²) in [5, 5.41) is 3.92. The maximum absolute atomic E-state index is 3.92. The molecule has 1 aliphatic rings. The molecule has 1 N–H and O–H groups in total. The molecule has 1 aromatic rings. The summed E-state index contributed by atoms with van der Waals surface area (Å²) < 4.78 is 0. The molecule has 3 atom stereocenters. The van der Waals surface area contributed by atoms with Gasteiger partial charge in [-0.1, -0.05) is 44.2 Å². The Balaban J connectivity index is 1.81. The summed E-state index contributed by atoms with van der Waals surface area (Å²) in [5.41, 5.74) is 1.69. The van der Waals surface area contributed by atoms with Crippen molar-refractivity contribution in [1.82, 2.24) is 5.32 Å². The van der Waals surface area contributed by atoms with Gasteiger partial charge in [-0.2, -0.15) is 0 Å². The van der Waals surface area contributed by atoms with E-state index in [1.54, 1.807) is 0 Å². The molecule has 0 spiro atoms. The molecule has 1 fully saturated rings. The lowest BCUT2D eigenvalue weighted by Crippen LogP contribution is -2.48. The third kappa shape index (κ3) is 4.63. The molecule has 0 bridgehead atoms. The van der Waals surface area contributed by atoms with Crippen LogP contribution in [0.15, 0.2) is 30.3 Å². The van der Waals surface area contributed by atoms with Crippen LogP contribution in [0, 0.1) is 11.8 Å². The topological polar surface area (TPSA) is 12.0 Å². The highest BCUT2D eigenvalue weighted by Gasteiger charge is 2.28. The van der Waals surface area contributed by atoms with Crippen molar-refractivity contribution >= 4 is 0 Å². The second-order valence-corrected chi connectivity index (χ2v) is 7.48. The molecule has 1 heteroatoms. The number of aryl methyl sites for hydroxylation is 1. The van der Waals surface area contributed by atoms with E-state index in [9.17, 15) is 0 Å². The van der Waals surface area contributed by atoms with Crippen molar-refractivity contribution < 1.29 is 0 Å². The quantitative estimate of drug-likeness (QED) is 0.811. The molecular formula is C19H31N. The fraction of sp³-hybridized carbons (Fsp3) is 0.684. The molecule has 20 heavy (non-hydrogen) atoms. The van der Waals surface area contributed by atoms with Gasteiger partial charge in [-0.15, -0.1) is 0 Å². The Labute approximate surface area is 125 Å². The van der Waals surface area contributed by atoms with Gasteiger partial charge in [-0.3, -0.25) is 0 Å². The highest BCUT2D eigenvalue weighted by Crippen LogP contribution is 2.30. The Morgan fingerprint density at radius 2 is 1.75 bits per heavy atom. The molecule has 0 radical (unpaired) electrons. The van der Waals surface area contributed by atoms with Crippen LogP contribution in [-0.4, -0.2) is 11.6 Å². The zero-order chi connectivity index (χ0) is 14.6. The lowest BCUT2D eigenvalue weighted by Gasteiger charge is -2.38. The van der Waals surface area contributed by atoms with Crippen LogP contribution in [0.2, 0.25) is 0 Å². The molecule has 2 rings (SSSR count). The van der Waals surface area contributed by atoms with Crippen LogP contribution in [0.25, 0.3) is 0 Å². The lowest BCUT2D eigenvalue weighted by molar-refractivity contribution is 0.190. The Bertz CT molecular complexity index is 395. The van der Waals surface area contributed by atoms with Gasteiger partial charge < -0.3 is 5.32 Å². The minimum atomic E-state index is 0.237. The molecule has 3 unspecified atom stereocenters. The third-order valence-corrected chi connectivity index (χ3v) is 5.07. The van der Waals surface area contributed by atoms with Gasteiger partial charge in [0.2, 0.25) is 0 Å². The first-order chi connectivity index (χ1) is 9.46.